The lowest BCUT2D eigenvalue weighted by atomic mass is 10.1. The summed E-state index contributed by atoms with van der Waals surface area (Å²) < 4.78 is 11.3. The number of hydrogen-bond acceptors (Lipinski definition) is 2. The molecule has 1 unspecified atom stereocenters. The van der Waals surface area contributed by atoms with E-state index in [2.05, 4.69) is 26.8 Å². The van der Waals surface area contributed by atoms with Crippen molar-refractivity contribution < 1.29 is 9.47 Å². The Bertz CT molecular complexity index is 396. The zero-order valence-electron chi connectivity index (χ0n) is 13.8. The van der Waals surface area contributed by atoms with Crippen molar-refractivity contribution in [3.63, 3.8) is 0 Å². The zero-order chi connectivity index (χ0) is 15.3. The van der Waals surface area contributed by atoms with Gasteiger partial charge in [0.05, 0.1) is 6.61 Å². The lowest BCUT2D eigenvalue weighted by molar-refractivity contribution is -0.0482. The van der Waals surface area contributed by atoms with Crippen molar-refractivity contribution in [2.75, 3.05) is 6.61 Å². The molecule has 1 aliphatic heterocycles. The molecule has 0 bridgehead atoms. The third kappa shape index (κ3) is 7.33. The summed E-state index contributed by atoms with van der Waals surface area (Å²) in [6.07, 6.45) is 11.4. The van der Waals surface area contributed by atoms with Crippen LogP contribution >= 0.6 is 0 Å². The summed E-state index contributed by atoms with van der Waals surface area (Å²) in [5.74, 6) is 0.908. The largest absolute Gasteiger partial charge is 0.461 e. The first-order valence-electron chi connectivity index (χ1n) is 8.37. The second kappa shape index (κ2) is 11.4. The third-order valence-electron chi connectivity index (χ3n) is 3.33. The molecule has 2 rings (SSSR count). The molecule has 0 aromatic heterocycles. The topological polar surface area (TPSA) is 18.5 Å². The Hall–Kier alpha value is -1.28. The van der Waals surface area contributed by atoms with Crippen molar-refractivity contribution >= 4 is 6.08 Å². The van der Waals surface area contributed by atoms with Crippen LogP contribution in [-0.4, -0.2) is 12.9 Å². The summed E-state index contributed by atoms with van der Waals surface area (Å²) in [5.41, 5.74) is 1.12. The second-order valence-electron chi connectivity index (χ2n) is 5.31. The van der Waals surface area contributed by atoms with E-state index in [1.54, 1.807) is 0 Å². The van der Waals surface area contributed by atoms with Crippen molar-refractivity contribution in [3.05, 3.63) is 35.9 Å². The number of benzene rings is 1. The van der Waals surface area contributed by atoms with E-state index < -0.39 is 0 Å². The van der Waals surface area contributed by atoms with E-state index in [-0.39, 0.29) is 6.29 Å². The van der Waals surface area contributed by atoms with Crippen LogP contribution in [0, 0.1) is 0 Å². The molecular formula is C19H30O2. The molecule has 1 aliphatic rings. The average molecular weight is 290 g/mol. The Kier molecular flexibility index (Phi) is 9.64. The van der Waals surface area contributed by atoms with Crippen molar-refractivity contribution in [1.29, 1.82) is 0 Å². The van der Waals surface area contributed by atoms with Gasteiger partial charge in [-0.3, -0.25) is 0 Å². The van der Waals surface area contributed by atoms with Gasteiger partial charge < -0.3 is 9.47 Å². The number of hydrogen-bond donors (Lipinski definition) is 0. The Labute approximate surface area is 130 Å². The monoisotopic (exact) mass is 290 g/mol. The number of fused-ring (bicyclic) bond motifs is 1. The summed E-state index contributed by atoms with van der Waals surface area (Å²) in [6.45, 7) is 7.38. The first-order chi connectivity index (χ1) is 10.3. The van der Waals surface area contributed by atoms with Crippen LogP contribution < -0.4 is 4.74 Å². The highest BCUT2D eigenvalue weighted by Crippen LogP contribution is 2.25. The second-order valence-corrected chi connectivity index (χ2v) is 5.31. The van der Waals surface area contributed by atoms with Crippen molar-refractivity contribution in [2.45, 2.75) is 65.6 Å². The van der Waals surface area contributed by atoms with Crippen molar-refractivity contribution in [1.82, 2.24) is 0 Å². The molecular weight excluding hydrogens is 260 g/mol. The minimum Gasteiger partial charge on any atom is -0.461 e. The van der Waals surface area contributed by atoms with Gasteiger partial charge in [-0.2, -0.15) is 0 Å². The van der Waals surface area contributed by atoms with Crippen LogP contribution in [0.15, 0.2) is 30.3 Å². The molecule has 0 N–H and O–H groups in total. The highest BCUT2D eigenvalue weighted by atomic mass is 16.7. The van der Waals surface area contributed by atoms with Gasteiger partial charge in [0.25, 0.3) is 0 Å². The molecule has 1 aromatic carbocycles. The predicted octanol–water partition coefficient (Wildman–Crippen LogP) is 5.82. The number of unbranched alkanes of at least 4 members (excludes halogenated alkanes) is 4. The van der Waals surface area contributed by atoms with Gasteiger partial charge in [-0.1, -0.05) is 71.1 Å². The summed E-state index contributed by atoms with van der Waals surface area (Å²) in [4.78, 5) is 0. The molecule has 2 heteroatoms. The molecule has 0 fully saturated rings. The standard InChI is InChI=1S/C14H18O2.C5H12/c1-2-3-6-11-15-14-10-9-12-7-4-5-8-13(12)16-14;1-3-5-4-2/h4-5,7-10,14H,2-3,6,11H2,1H3;3-5H2,1-2H3. The van der Waals surface area contributed by atoms with Gasteiger partial charge in [0, 0.05) is 5.56 Å². The molecule has 1 aromatic rings. The minimum atomic E-state index is -0.216. The van der Waals surface area contributed by atoms with Gasteiger partial charge in [0.2, 0.25) is 6.29 Å². The van der Waals surface area contributed by atoms with Gasteiger partial charge in [-0.15, -0.1) is 0 Å². The maximum Gasteiger partial charge on any atom is 0.220 e. The average Bonchev–Trinajstić information content (AvgIpc) is 2.53. The fourth-order valence-electron chi connectivity index (χ4n) is 2.07. The molecule has 1 heterocycles. The highest BCUT2D eigenvalue weighted by molar-refractivity contribution is 5.59. The molecule has 118 valence electrons. The molecule has 0 saturated heterocycles. The molecule has 0 spiro atoms. The van der Waals surface area contributed by atoms with Crippen LogP contribution in [-0.2, 0) is 4.74 Å². The van der Waals surface area contributed by atoms with Crippen LogP contribution in [0.2, 0.25) is 0 Å². The normalized spacial score (nSPS) is 15.7. The van der Waals surface area contributed by atoms with Crippen LogP contribution in [0.1, 0.15) is 64.9 Å². The molecule has 0 aliphatic carbocycles. The molecule has 0 saturated carbocycles. The SMILES string of the molecule is CCCCC.CCCCCOC1C=Cc2ccccc2O1. The molecule has 2 nitrogen and oxygen atoms in total. The third-order valence-corrected chi connectivity index (χ3v) is 3.33. The van der Waals surface area contributed by atoms with E-state index in [0.717, 1.165) is 24.3 Å². The molecule has 0 amide bonds. The van der Waals surface area contributed by atoms with E-state index in [9.17, 15) is 0 Å². The van der Waals surface area contributed by atoms with E-state index in [1.165, 1.54) is 32.1 Å². The van der Waals surface area contributed by atoms with Crippen molar-refractivity contribution in [3.8, 4) is 5.75 Å². The van der Waals surface area contributed by atoms with Crippen molar-refractivity contribution in [2.24, 2.45) is 0 Å². The summed E-state index contributed by atoms with van der Waals surface area (Å²) in [5, 5.41) is 0. The van der Waals surface area contributed by atoms with Crippen LogP contribution in [0.3, 0.4) is 0 Å². The first-order valence-corrected chi connectivity index (χ1v) is 8.37. The Morgan fingerprint density at radius 3 is 2.33 bits per heavy atom. The van der Waals surface area contributed by atoms with E-state index in [0.29, 0.717) is 0 Å². The zero-order valence-corrected chi connectivity index (χ0v) is 13.8. The van der Waals surface area contributed by atoms with Crippen LogP contribution in [0.5, 0.6) is 5.75 Å². The van der Waals surface area contributed by atoms with E-state index in [4.69, 9.17) is 9.47 Å². The number of rotatable bonds is 7. The first kappa shape index (κ1) is 17.8. The maximum absolute atomic E-state index is 5.70. The van der Waals surface area contributed by atoms with Crippen LogP contribution in [0.25, 0.3) is 6.08 Å². The lowest BCUT2D eigenvalue weighted by Gasteiger charge is -2.21. The Balaban J connectivity index is 0.000000383. The molecule has 21 heavy (non-hydrogen) atoms. The summed E-state index contributed by atoms with van der Waals surface area (Å²) >= 11 is 0. The van der Waals surface area contributed by atoms with E-state index in [1.807, 2.05) is 30.3 Å². The molecule has 1 atom stereocenters. The Morgan fingerprint density at radius 2 is 1.67 bits per heavy atom. The predicted molar refractivity (Wildman–Crippen MR) is 90.6 cm³/mol. The van der Waals surface area contributed by atoms with Gasteiger partial charge in [0.15, 0.2) is 0 Å². The van der Waals surface area contributed by atoms with Gasteiger partial charge in [-0.25, -0.2) is 0 Å². The number of ether oxygens (including phenoxy) is 2. The van der Waals surface area contributed by atoms with Gasteiger partial charge in [0.1, 0.15) is 5.75 Å². The maximum atomic E-state index is 5.70. The number of para-hydroxylation sites is 1. The molecule has 0 radical (unpaired) electrons. The quantitative estimate of drug-likeness (QED) is 0.589. The van der Waals surface area contributed by atoms with Gasteiger partial charge in [-0.05, 0) is 24.6 Å². The van der Waals surface area contributed by atoms with E-state index >= 15 is 0 Å². The summed E-state index contributed by atoms with van der Waals surface area (Å²) in [7, 11) is 0. The lowest BCUT2D eigenvalue weighted by Crippen LogP contribution is -2.21. The summed E-state index contributed by atoms with van der Waals surface area (Å²) in [6, 6.07) is 8.00. The Morgan fingerprint density at radius 1 is 0.952 bits per heavy atom. The minimum absolute atomic E-state index is 0.216. The highest BCUT2D eigenvalue weighted by Gasteiger charge is 2.13. The fraction of sp³-hybridized carbons (Fsp3) is 0.579. The smallest absolute Gasteiger partial charge is 0.220 e. The fourth-order valence-corrected chi connectivity index (χ4v) is 2.07. The van der Waals surface area contributed by atoms with Crippen LogP contribution in [0.4, 0.5) is 0 Å². The van der Waals surface area contributed by atoms with Gasteiger partial charge >= 0.3 is 0 Å².